The van der Waals surface area contributed by atoms with Crippen LogP contribution in [0.4, 0.5) is 0 Å². The van der Waals surface area contributed by atoms with E-state index in [0.29, 0.717) is 5.56 Å². The minimum atomic E-state index is 0.653. The minimum Gasteiger partial charge on any atom is -0.456 e. The Hall–Kier alpha value is -4.81. The molecule has 0 amide bonds. The molecule has 2 heterocycles. The summed E-state index contributed by atoms with van der Waals surface area (Å²) in [5.41, 5.74) is 8.02. The summed E-state index contributed by atoms with van der Waals surface area (Å²) in [5.74, 6) is 0. The second-order valence-corrected chi connectivity index (χ2v) is 8.56. The molecule has 2 aromatic heterocycles. The van der Waals surface area contributed by atoms with Gasteiger partial charge < -0.3 is 8.98 Å². The normalized spacial score (nSPS) is 11.5. The zero-order chi connectivity index (χ0) is 22.6. The van der Waals surface area contributed by atoms with Gasteiger partial charge in [0.25, 0.3) is 0 Å². The van der Waals surface area contributed by atoms with Crippen molar-refractivity contribution in [3.8, 4) is 22.9 Å². The molecule has 0 bridgehead atoms. The second kappa shape index (κ2) is 7.10. The summed E-state index contributed by atoms with van der Waals surface area (Å²) >= 11 is 0. The zero-order valence-electron chi connectivity index (χ0n) is 18.2. The van der Waals surface area contributed by atoms with Crippen LogP contribution in [0.15, 0.2) is 114 Å². The SMILES string of the molecule is N#Cc1cccc(-n2c3ccccc3c3cc(-c4ccc5oc6ccccc6c5c4)ccc32)c1. The fourth-order valence-electron chi connectivity index (χ4n) is 5.05. The summed E-state index contributed by atoms with van der Waals surface area (Å²) in [6.45, 7) is 0. The van der Waals surface area contributed by atoms with Crippen molar-refractivity contribution in [2.75, 3.05) is 0 Å². The van der Waals surface area contributed by atoms with Gasteiger partial charge in [0.15, 0.2) is 0 Å². The van der Waals surface area contributed by atoms with Gasteiger partial charge >= 0.3 is 0 Å². The number of furan rings is 1. The van der Waals surface area contributed by atoms with E-state index in [-0.39, 0.29) is 0 Å². The van der Waals surface area contributed by atoms with E-state index in [2.05, 4.69) is 83.4 Å². The first-order chi connectivity index (χ1) is 16.8. The molecule has 7 aromatic rings. The molecule has 7 rings (SSSR count). The fourth-order valence-corrected chi connectivity index (χ4v) is 5.05. The molecule has 0 radical (unpaired) electrons. The van der Waals surface area contributed by atoms with E-state index in [4.69, 9.17) is 4.42 Å². The van der Waals surface area contributed by atoms with Gasteiger partial charge in [-0.05, 0) is 65.7 Å². The number of rotatable bonds is 2. The Labute approximate surface area is 195 Å². The topological polar surface area (TPSA) is 41.9 Å². The van der Waals surface area contributed by atoms with E-state index >= 15 is 0 Å². The van der Waals surface area contributed by atoms with Gasteiger partial charge in [0.05, 0.1) is 22.7 Å². The predicted molar refractivity (Wildman–Crippen MR) is 138 cm³/mol. The smallest absolute Gasteiger partial charge is 0.135 e. The van der Waals surface area contributed by atoms with E-state index in [9.17, 15) is 5.26 Å². The number of nitrogens with zero attached hydrogens (tertiary/aromatic N) is 2. The number of aromatic nitrogens is 1. The monoisotopic (exact) mass is 434 g/mol. The number of nitriles is 1. The largest absolute Gasteiger partial charge is 0.456 e. The molecule has 3 nitrogen and oxygen atoms in total. The summed E-state index contributed by atoms with van der Waals surface area (Å²) in [7, 11) is 0. The Morgan fingerprint density at radius 2 is 1.26 bits per heavy atom. The summed E-state index contributed by atoms with van der Waals surface area (Å²) < 4.78 is 8.25. The van der Waals surface area contributed by atoms with Crippen molar-refractivity contribution in [3.63, 3.8) is 0 Å². The van der Waals surface area contributed by atoms with E-state index in [0.717, 1.165) is 49.8 Å². The van der Waals surface area contributed by atoms with E-state index in [1.165, 1.54) is 10.8 Å². The standard InChI is InChI=1S/C31H18N2O/c32-19-20-6-5-7-23(16-20)33-28-10-3-1-8-24(28)26-17-21(12-14-29(26)33)22-13-15-31-27(18-22)25-9-2-4-11-30(25)34-31/h1-18H. The van der Waals surface area contributed by atoms with Gasteiger partial charge in [0, 0.05) is 27.2 Å². The highest BCUT2D eigenvalue weighted by atomic mass is 16.3. The van der Waals surface area contributed by atoms with Crippen LogP contribution < -0.4 is 0 Å². The molecule has 0 aliphatic carbocycles. The maximum absolute atomic E-state index is 9.41. The lowest BCUT2D eigenvalue weighted by Crippen LogP contribution is -1.94. The molecule has 0 unspecified atom stereocenters. The van der Waals surface area contributed by atoms with Crippen molar-refractivity contribution in [3.05, 3.63) is 115 Å². The lowest BCUT2D eigenvalue weighted by Gasteiger charge is -2.09. The van der Waals surface area contributed by atoms with Crippen LogP contribution in [0.25, 0.3) is 60.6 Å². The molecule has 0 fully saturated rings. The van der Waals surface area contributed by atoms with Crippen LogP contribution in [-0.4, -0.2) is 4.57 Å². The number of fused-ring (bicyclic) bond motifs is 6. The van der Waals surface area contributed by atoms with Gasteiger partial charge in [-0.3, -0.25) is 0 Å². The molecule has 0 saturated heterocycles. The highest BCUT2D eigenvalue weighted by Gasteiger charge is 2.14. The lowest BCUT2D eigenvalue weighted by molar-refractivity contribution is 0.669. The molecule has 0 aliphatic heterocycles. The van der Waals surface area contributed by atoms with Gasteiger partial charge in [0.2, 0.25) is 0 Å². The van der Waals surface area contributed by atoms with Gasteiger partial charge in [-0.25, -0.2) is 0 Å². The van der Waals surface area contributed by atoms with Gasteiger partial charge in [-0.15, -0.1) is 0 Å². The van der Waals surface area contributed by atoms with Crippen LogP contribution in [-0.2, 0) is 0 Å². The summed E-state index contributed by atoms with van der Waals surface area (Å²) in [5, 5.41) is 14.0. The second-order valence-electron chi connectivity index (χ2n) is 8.56. The molecule has 5 aromatic carbocycles. The Morgan fingerprint density at radius 3 is 2.15 bits per heavy atom. The molecular formula is C31H18N2O. The third-order valence-corrected chi connectivity index (χ3v) is 6.62. The van der Waals surface area contributed by atoms with Crippen LogP contribution in [0.3, 0.4) is 0 Å². The van der Waals surface area contributed by atoms with E-state index < -0.39 is 0 Å². The average Bonchev–Trinajstić information content (AvgIpc) is 3.43. The quantitative estimate of drug-likeness (QED) is 0.275. The van der Waals surface area contributed by atoms with Crippen LogP contribution in [0.5, 0.6) is 0 Å². The third kappa shape index (κ3) is 2.69. The average molecular weight is 434 g/mol. The number of para-hydroxylation sites is 2. The molecule has 0 spiro atoms. The van der Waals surface area contributed by atoms with Crippen LogP contribution in [0.2, 0.25) is 0 Å². The minimum absolute atomic E-state index is 0.653. The predicted octanol–water partition coefficient (Wildman–Crippen LogP) is 8.22. The zero-order valence-corrected chi connectivity index (χ0v) is 18.2. The van der Waals surface area contributed by atoms with Crippen LogP contribution >= 0.6 is 0 Å². The summed E-state index contributed by atoms with van der Waals surface area (Å²) in [6, 6.07) is 39.7. The number of hydrogen-bond acceptors (Lipinski definition) is 2. The molecule has 0 N–H and O–H groups in total. The van der Waals surface area contributed by atoms with E-state index in [1.54, 1.807) is 0 Å². The van der Waals surface area contributed by atoms with E-state index in [1.807, 2.05) is 36.4 Å². The molecule has 0 atom stereocenters. The van der Waals surface area contributed by atoms with Crippen molar-refractivity contribution in [2.24, 2.45) is 0 Å². The Morgan fingerprint density at radius 1 is 0.559 bits per heavy atom. The molecule has 0 saturated carbocycles. The maximum Gasteiger partial charge on any atom is 0.135 e. The maximum atomic E-state index is 9.41. The molecule has 3 heteroatoms. The fraction of sp³-hybridized carbons (Fsp3) is 0. The molecular weight excluding hydrogens is 416 g/mol. The van der Waals surface area contributed by atoms with Crippen molar-refractivity contribution in [2.45, 2.75) is 0 Å². The van der Waals surface area contributed by atoms with Crippen molar-refractivity contribution >= 4 is 43.7 Å². The Balaban J connectivity index is 1.47. The first-order valence-corrected chi connectivity index (χ1v) is 11.3. The van der Waals surface area contributed by atoms with Crippen LogP contribution in [0, 0.1) is 11.3 Å². The third-order valence-electron chi connectivity index (χ3n) is 6.62. The van der Waals surface area contributed by atoms with Crippen molar-refractivity contribution in [1.82, 2.24) is 4.57 Å². The first kappa shape index (κ1) is 18.7. The van der Waals surface area contributed by atoms with Crippen molar-refractivity contribution < 1.29 is 4.42 Å². The Kier molecular flexibility index (Phi) is 3.91. The van der Waals surface area contributed by atoms with Gasteiger partial charge in [-0.2, -0.15) is 5.26 Å². The molecule has 34 heavy (non-hydrogen) atoms. The summed E-state index contributed by atoms with van der Waals surface area (Å²) in [6.07, 6.45) is 0. The first-order valence-electron chi connectivity index (χ1n) is 11.3. The van der Waals surface area contributed by atoms with Crippen LogP contribution in [0.1, 0.15) is 5.56 Å². The van der Waals surface area contributed by atoms with Crippen molar-refractivity contribution in [1.29, 1.82) is 5.26 Å². The van der Waals surface area contributed by atoms with Gasteiger partial charge in [0.1, 0.15) is 11.2 Å². The lowest BCUT2D eigenvalue weighted by atomic mass is 10.0. The molecule has 0 aliphatic rings. The number of hydrogen-bond donors (Lipinski definition) is 0. The summed E-state index contributed by atoms with van der Waals surface area (Å²) in [4.78, 5) is 0. The molecule has 158 valence electrons. The highest BCUT2D eigenvalue weighted by Crippen LogP contribution is 2.37. The Bertz CT molecular complexity index is 1930. The highest BCUT2D eigenvalue weighted by molar-refractivity contribution is 6.11. The van der Waals surface area contributed by atoms with Gasteiger partial charge in [-0.1, -0.05) is 54.6 Å². The number of benzene rings is 5.